The maximum absolute atomic E-state index is 12.2. The van der Waals surface area contributed by atoms with Crippen LogP contribution in [0.15, 0.2) is 77.2 Å². The standard InChI is InChI=1S/C22H19O3.ClHO4/c1-2-24-22(23)19-14-16-20(18-11-7-4-8-12-18)25-21(19)15-13-17-9-5-3-6-10-17;2-1(3,4)5/h3-16H,2H2,1H3;(H,2,3,4,5)/q+1;/p-1. The topological polar surface area (TPSA) is 130 Å². The van der Waals surface area contributed by atoms with E-state index >= 15 is 0 Å². The van der Waals surface area contributed by atoms with Crippen molar-refractivity contribution < 1.29 is 42.8 Å². The number of ether oxygens (including phenoxy) is 1. The van der Waals surface area contributed by atoms with Gasteiger partial charge in [-0.05, 0) is 36.8 Å². The molecule has 1 aromatic heterocycles. The van der Waals surface area contributed by atoms with Gasteiger partial charge in [-0.25, -0.2) is 27.8 Å². The lowest BCUT2D eigenvalue weighted by molar-refractivity contribution is -2.00. The highest BCUT2D eigenvalue weighted by Gasteiger charge is 2.24. The van der Waals surface area contributed by atoms with Crippen LogP contribution in [0.3, 0.4) is 0 Å². The van der Waals surface area contributed by atoms with Gasteiger partial charge in [0.1, 0.15) is 0 Å². The molecule has 30 heavy (non-hydrogen) atoms. The smallest absolute Gasteiger partial charge is 0.368 e. The molecule has 0 saturated carbocycles. The summed E-state index contributed by atoms with van der Waals surface area (Å²) >= 11 is 0. The molecule has 0 saturated heterocycles. The van der Waals surface area contributed by atoms with Crippen LogP contribution >= 0.6 is 0 Å². The summed E-state index contributed by atoms with van der Waals surface area (Å²) in [5.74, 6) is 0.781. The minimum absolute atomic E-state index is 0.321. The Morgan fingerprint density at radius 1 is 0.900 bits per heavy atom. The van der Waals surface area contributed by atoms with Crippen LogP contribution in [-0.4, -0.2) is 12.6 Å². The molecule has 0 N–H and O–H groups in total. The number of hydrogen-bond donors (Lipinski definition) is 0. The van der Waals surface area contributed by atoms with E-state index in [4.69, 9.17) is 27.8 Å². The van der Waals surface area contributed by atoms with Crippen LogP contribution in [0.25, 0.3) is 23.5 Å². The minimum Gasteiger partial charge on any atom is -0.462 e. The second-order valence-corrected chi connectivity index (χ2v) is 6.54. The maximum atomic E-state index is 12.2. The predicted molar refractivity (Wildman–Crippen MR) is 99.9 cm³/mol. The van der Waals surface area contributed by atoms with E-state index in [2.05, 4.69) is 0 Å². The van der Waals surface area contributed by atoms with E-state index in [1.165, 1.54) is 0 Å². The van der Waals surface area contributed by atoms with Crippen molar-refractivity contribution in [3.63, 3.8) is 0 Å². The van der Waals surface area contributed by atoms with Crippen molar-refractivity contribution in [3.8, 4) is 11.3 Å². The Labute approximate surface area is 175 Å². The molecule has 1 heterocycles. The van der Waals surface area contributed by atoms with Gasteiger partial charge in [0.2, 0.25) is 0 Å². The highest BCUT2D eigenvalue weighted by molar-refractivity contribution is 5.94. The summed E-state index contributed by atoms with van der Waals surface area (Å²) in [6.45, 7) is 2.11. The van der Waals surface area contributed by atoms with Gasteiger partial charge >= 0.3 is 17.5 Å². The van der Waals surface area contributed by atoms with E-state index < -0.39 is 16.2 Å². The first-order valence-electron chi connectivity index (χ1n) is 8.82. The lowest BCUT2D eigenvalue weighted by Gasteiger charge is -2.17. The van der Waals surface area contributed by atoms with Crippen molar-refractivity contribution in [3.05, 3.63) is 89.7 Å². The van der Waals surface area contributed by atoms with E-state index in [9.17, 15) is 4.79 Å². The van der Waals surface area contributed by atoms with Gasteiger partial charge in [0.15, 0.2) is 5.56 Å². The quantitative estimate of drug-likeness (QED) is 0.432. The summed E-state index contributed by atoms with van der Waals surface area (Å²) in [4.78, 5) is 12.2. The van der Waals surface area contributed by atoms with Gasteiger partial charge in [-0.1, -0.05) is 48.5 Å². The Morgan fingerprint density at radius 3 is 2.03 bits per heavy atom. The average molecular weight is 431 g/mol. The van der Waals surface area contributed by atoms with Crippen molar-refractivity contribution in [2.75, 3.05) is 6.61 Å². The number of hydrogen-bond acceptors (Lipinski definition) is 6. The SMILES string of the molecule is CCOC(=O)c1ccc(-c2ccccc2)[o+]c1C=Cc1ccccc1.[O-][Cl+3]([O-])([O-])[O-]. The Morgan fingerprint density at radius 2 is 1.47 bits per heavy atom. The third-order valence-corrected chi connectivity index (χ3v) is 3.67. The second-order valence-electron chi connectivity index (χ2n) is 5.79. The molecule has 7 nitrogen and oxygen atoms in total. The molecule has 0 aliphatic rings. The van der Waals surface area contributed by atoms with Gasteiger partial charge < -0.3 is 4.74 Å². The molecule has 0 aliphatic carbocycles. The Hall–Kier alpha value is -3.07. The minimum atomic E-state index is -4.94. The summed E-state index contributed by atoms with van der Waals surface area (Å²) in [6, 6.07) is 23.2. The van der Waals surface area contributed by atoms with Crippen LogP contribution < -0.4 is 18.6 Å². The Kier molecular flexibility index (Phi) is 8.67. The summed E-state index contributed by atoms with van der Waals surface area (Å²) in [5.41, 5.74) is 2.39. The number of halogens is 1. The van der Waals surface area contributed by atoms with Crippen LogP contribution in [-0.2, 0) is 4.74 Å². The zero-order chi connectivity index (χ0) is 22.0. The van der Waals surface area contributed by atoms with Gasteiger partial charge in [-0.3, -0.25) is 0 Å². The monoisotopic (exact) mass is 430 g/mol. The van der Waals surface area contributed by atoms with E-state index in [1.54, 1.807) is 25.1 Å². The van der Waals surface area contributed by atoms with Gasteiger partial charge in [-0.2, -0.15) is 0 Å². The van der Waals surface area contributed by atoms with E-state index in [1.807, 2.05) is 66.7 Å². The molecule has 2 aromatic carbocycles. The van der Waals surface area contributed by atoms with Gasteiger partial charge in [0, 0.05) is 12.1 Å². The summed E-state index contributed by atoms with van der Waals surface area (Å²) in [5, 5.41) is 0. The molecule has 0 fully saturated rings. The molecule has 8 heteroatoms. The first-order valence-corrected chi connectivity index (χ1v) is 10.1. The number of rotatable bonds is 5. The highest BCUT2D eigenvalue weighted by atomic mass is 35.7. The first kappa shape index (κ1) is 23.2. The molecule has 0 spiro atoms. The molecule has 3 rings (SSSR count). The molecule has 0 atom stereocenters. The van der Waals surface area contributed by atoms with Crippen LogP contribution in [0.1, 0.15) is 28.6 Å². The van der Waals surface area contributed by atoms with Gasteiger partial charge in [0.05, 0.1) is 12.2 Å². The fourth-order valence-corrected chi connectivity index (χ4v) is 2.44. The van der Waals surface area contributed by atoms with E-state index in [-0.39, 0.29) is 0 Å². The van der Waals surface area contributed by atoms with Crippen molar-refractivity contribution in [1.82, 2.24) is 0 Å². The number of esters is 1. The van der Waals surface area contributed by atoms with Crippen LogP contribution in [0.5, 0.6) is 0 Å². The Bertz CT molecular complexity index is 962. The summed E-state index contributed by atoms with van der Waals surface area (Å²) < 4.78 is 45.1. The lowest BCUT2D eigenvalue weighted by atomic mass is 10.1. The predicted octanol–water partition coefficient (Wildman–Crippen LogP) is 0.819. The fraction of sp³-hybridized carbons (Fsp3) is 0.0909. The van der Waals surface area contributed by atoms with E-state index in [0.29, 0.717) is 23.7 Å². The van der Waals surface area contributed by atoms with Gasteiger partial charge in [0.25, 0.3) is 0 Å². The highest BCUT2D eigenvalue weighted by Crippen LogP contribution is 2.24. The summed E-state index contributed by atoms with van der Waals surface area (Å²) in [7, 11) is -4.94. The summed E-state index contributed by atoms with van der Waals surface area (Å²) in [6.07, 6.45) is 3.71. The molecule has 0 radical (unpaired) electrons. The van der Waals surface area contributed by atoms with Crippen molar-refractivity contribution >= 4 is 18.1 Å². The molecule has 156 valence electrons. The largest absolute Gasteiger partial charge is 0.462 e. The van der Waals surface area contributed by atoms with Gasteiger partial charge in [-0.15, -0.1) is 10.2 Å². The third kappa shape index (κ3) is 8.12. The lowest BCUT2D eigenvalue weighted by Crippen LogP contribution is -2.68. The molecular weight excluding hydrogens is 412 g/mol. The number of carbonyl (C=O) groups excluding carboxylic acids is 1. The molecular formula is C22H19ClO7. The van der Waals surface area contributed by atoms with E-state index in [0.717, 1.165) is 11.1 Å². The Balaban J connectivity index is 0.000000575. The maximum Gasteiger partial charge on any atom is 0.368 e. The van der Waals surface area contributed by atoms with Crippen LogP contribution in [0, 0.1) is 10.2 Å². The number of benzene rings is 2. The van der Waals surface area contributed by atoms with Crippen LogP contribution in [0.4, 0.5) is 0 Å². The zero-order valence-electron chi connectivity index (χ0n) is 16.0. The average Bonchev–Trinajstić information content (AvgIpc) is 2.72. The molecule has 0 bridgehead atoms. The normalized spacial score (nSPS) is 11.0. The first-order chi connectivity index (χ1) is 14.3. The van der Waals surface area contributed by atoms with Crippen LogP contribution in [0.2, 0.25) is 0 Å². The van der Waals surface area contributed by atoms with Crippen molar-refractivity contribution in [2.24, 2.45) is 0 Å². The molecule has 3 aromatic rings. The second kappa shape index (κ2) is 11.2. The number of carbonyl (C=O) groups is 1. The third-order valence-electron chi connectivity index (χ3n) is 3.67. The van der Waals surface area contributed by atoms with Crippen molar-refractivity contribution in [2.45, 2.75) is 6.92 Å². The fourth-order valence-electron chi connectivity index (χ4n) is 2.44. The zero-order valence-corrected chi connectivity index (χ0v) is 16.8. The molecule has 0 amide bonds. The molecule has 0 aliphatic heterocycles. The molecule has 0 unspecified atom stereocenters. The van der Waals surface area contributed by atoms with Crippen molar-refractivity contribution in [1.29, 1.82) is 0 Å².